The molecule has 4 aromatic rings. The van der Waals surface area contributed by atoms with Crippen molar-refractivity contribution in [2.75, 3.05) is 30.3 Å². The van der Waals surface area contributed by atoms with Gasteiger partial charge in [0.1, 0.15) is 17.6 Å². The minimum atomic E-state index is -4.83. The van der Waals surface area contributed by atoms with E-state index < -0.39 is 24.3 Å². The van der Waals surface area contributed by atoms with Crippen molar-refractivity contribution < 1.29 is 32.5 Å². The number of benzene rings is 2. The monoisotopic (exact) mass is 665 g/mol. The summed E-state index contributed by atoms with van der Waals surface area (Å²) in [6.07, 6.45) is -3.71. The van der Waals surface area contributed by atoms with E-state index in [4.69, 9.17) is 15.2 Å². The molecule has 0 amide bonds. The molecule has 2 atom stereocenters. The van der Waals surface area contributed by atoms with Crippen LogP contribution in [0.4, 0.5) is 24.9 Å². The Hall–Kier alpha value is -4.85. The maximum absolute atomic E-state index is 14.9. The van der Waals surface area contributed by atoms with Gasteiger partial charge >= 0.3 is 12.1 Å². The van der Waals surface area contributed by atoms with Gasteiger partial charge in [0.05, 0.1) is 17.5 Å². The summed E-state index contributed by atoms with van der Waals surface area (Å²) in [5, 5.41) is 16.9. The lowest BCUT2D eigenvalue weighted by molar-refractivity contribution is -0.198. The van der Waals surface area contributed by atoms with Crippen molar-refractivity contribution >= 4 is 17.7 Å². The molecule has 254 valence electrons. The molecular weight excluding hydrogens is 627 g/mol. The van der Waals surface area contributed by atoms with Gasteiger partial charge < -0.3 is 30.5 Å². The van der Waals surface area contributed by atoms with Crippen molar-refractivity contribution in [2.45, 2.75) is 64.5 Å². The van der Waals surface area contributed by atoms with Gasteiger partial charge in [-0.3, -0.25) is 4.79 Å². The van der Waals surface area contributed by atoms with Crippen molar-refractivity contribution in [3.05, 3.63) is 72.1 Å². The van der Waals surface area contributed by atoms with E-state index in [0.29, 0.717) is 61.7 Å². The zero-order chi connectivity index (χ0) is 34.2. The number of anilines is 2. The van der Waals surface area contributed by atoms with Crippen molar-refractivity contribution in [1.82, 2.24) is 25.1 Å². The van der Waals surface area contributed by atoms with Crippen molar-refractivity contribution in [3.8, 4) is 28.4 Å². The second-order valence-corrected chi connectivity index (χ2v) is 12.8. The van der Waals surface area contributed by atoms with Crippen LogP contribution in [0.25, 0.3) is 16.8 Å². The van der Waals surface area contributed by atoms with Crippen LogP contribution in [0.2, 0.25) is 0 Å². The zero-order valence-electron chi connectivity index (χ0n) is 26.9. The van der Waals surface area contributed by atoms with E-state index in [9.17, 15) is 23.1 Å². The number of carboxylic acid groups (broad SMARTS) is 1. The summed E-state index contributed by atoms with van der Waals surface area (Å²) in [7, 11) is 0. The Morgan fingerprint density at radius 1 is 1.04 bits per heavy atom. The first-order valence-electron chi connectivity index (χ1n) is 15.8. The number of nitrogens with one attached hydrogen (secondary N) is 1. The normalized spacial score (nSPS) is 18.3. The largest absolute Gasteiger partial charge is 0.491 e. The molecule has 2 fully saturated rings. The highest BCUT2D eigenvalue weighted by Gasteiger charge is 2.46. The summed E-state index contributed by atoms with van der Waals surface area (Å²) >= 11 is 0. The lowest BCUT2D eigenvalue weighted by Crippen LogP contribution is -2.41. The van der Waals surface area contributed by atoms with Crippen LogP contribution >= 0.6 is 0 Å². The van der Waals surface area contributed by atoms with Crippen molar-refractivity contribution in [2.24, 2.45) is 5.41 Å². The van der Waals surface area contributed by atoms with Crippen LogP contribution in [-0.2, 0) is 4.79 Å². The van der Waals surface area contributed by atoms with Gasteiger partial charge in [-0.2, -0.15) is 28.2 Å². The highest BCUT2D eigenvalue weighted by atomic mass is 19.4. The molecule has 2 aromatic heterocycles. The number of nitrogen functional groups attached to an aromatic ring is 1. The number of halogens is 3. The number of piperidine rings is 1. The molecule has 2 saturated heterocycles. The molecule has 0 bridgehead atoms. The molecule has 2 aliphatic rings. The number of nitrogens with two attached hydrogens (primary N) is 1. The molecule has 11 nitrogen and oxygen atoms in total. The summed E-state index contributed by atoms with van der Waals surface area (Å²) in [4.78, 5) is 21.7. The number of carbonyl (C=O) groups is 1. The molecule has 2 aliphatic heterocycles. The van der Waals surface area contributed by atoms with E-state index in [1.165, 1.54) is 16.8 Å². The molecule has 1 spiro atoms. The number of aryl methyl sites for hydroxylation is 1. The first kappa shape index (κ1) is 33.1. The van der Waals surface area contributed by atoms with Crippen LogP contribution in [0.5, 0.6) is 11.6 Å². The quantitative estimate of drug-likeness (QED) is 0.203. The number of ether oxygens (including phenoxy) is 2. The van der Waals surface area contributed by atoms with Crippen LogP contribution in [0.15, 0.2) is 60.8 Å². The third-order valence-electron chi connectivity index (χ3n) is 8.89. The summed E-state index contributed by atoms with van der Waals surface area (Å²) in [5.41, 5.74) is 7.98. The minimum absolute atomic E-state index is 0.000381. The minimum Gasteiger partial charge on any atom is -0.491 e. The average Bonchev–Trinajstić information content (AvgIpc) is 3.66. The summed E-state index contributed by atoms with van der Waals surface area (Å²) in [6.45, 7) is 7.27. The standard InChI is InChI=1S/C34H38F3N7O4/c1-20(2)47-24-7-4-22(5-8-24)23-6-9-25(27(16-23)44-13-10-21(3)42-44)30(34(35,36)37)48-29-17-28(40-32(38)41-29)43-14-11-33(12-15-43)18-26(31(45)46)39-19-33/h4-10,13,16-17,20,26,30,39H,11-12,14-15,18-19H2,1-3H3,(H,45,46)(H2,38,40,41)/t26?,30-/m1/s1. The fourth-order valence-electron chi connectivity index (χ4n) is 6.45. The van der Waals surface area contributed by atoms with E-state index in [2.05, 4.69) is 20.4 Å². The highest BCUT2D eigenvalue weighted by Crippen LogP contribution is 2.43. The maximum atomic E-state index is 14.9. The van der Waals surface area contributed by atoms with Gasteiger partial charge in [0.15, 0.2) is 0 Å². The van der Waals surface area contributed by atoms with Gasteiger partial charge in [0.2, 0.25) is 17.9 Å². The Labute approximate surface area is 275 Å². The molecule has 0 aliphatic carbocycles. The first-order valence-corrected chi connectivity index (χ1v) is 15.8. The second kappa shape index (κ2) is 13.0. The molecular formula is C34H38F3N7O4. The lowest BCUT2D eigenvalue weighted by atomic mass is 9.76. The Morgan fingerprint density at radius 3 is 2.35 bits per heavy atom. The molecule has 0 saturated carbocycles. The lowest BCUT2D eigenvalue weighted by Gasteiger charge is -2.39. The molecule has 0 radical (unpaired) electrons. The topological polar surface area (TPSA) is 141 Å². The number of hydrogen-bond acceptors (Lipinski definition) is 9. The van der Waals surface area contributed by atoms with Gasteiger partial charge in [-0.15, -0.1) is 0 Å². The van der Waals surface area contributed by atoms with Crippen LogP contribution in [-0.4, -0.2) is 68.8 Å². The van der Waals surface area contributed by atoms with Crippen molar-refractivity contribution in [3.63, 3.8) is 0 Å². The van der Waals surface area contributed by atoms with Crippen LogP contribution in [0.1, 0.15) is 50.5 Å². The van der Waals surface area contributed by atoms with E-state index in [0.717, 1.165) is 5.56 Å². The second-order valence-electron chi connectivity index (χ2n) is 12.8. The predicted molar refractivity (Wildman–Crippen MR) is 173 cm³/mol. The Bertz CT molecular complexity index is 1770. The number of aromatic nitrogens is 4. The fraction of sp³-hybridized carbons (Fsp3) is 0.412. The van der Waals surface area contributed by atoms with Crippen LogP contribution in [0.3, 0.4) is 0 Å². The zero-order valence-corrected chi connectivity index (χ0v) is 26.9. The van der Waals surface area contributed by atoms with Gasteiger partial charge in [-0.25, -0.2) is 4.68 Å². The Balaban J connectivity index is 1.29. The number of carboxylic acids is 1. The molecule has 14 heteroatoms. The Kier molecular flexibility index (Phi) is 8.94. The molecule has 48 heavy (non-hydrogen) atoms. The SMILES string of the molecule is Cc1ccn(-c2cc(-c3ccc(OC(C)C)cc3)ccc2[C@@H](Oc2cc(N3CCC4(CC3)CNC(C(=O)O)C4)nc(N)n2)C(F)(F)F)n1. The third-order valence-corrected chi connectivity index (χ3v) is 8.89. The molecule has 4 heterocycles. The van der Waals surface area contributed by atoms with E-state index in [1.54, 1.807) is 31.3 Å². The van der Waals surface area contributed by atoms with Crippen molar-refractivity contribution in [1.29, 1.82) is 0 Å². The molecule has 2 aromatic carbocycles. The number of hydrogen-bond donors (Lipinski definition) is 3. The smallest absolute Gasteiger partial charge is 0.429 e. The van der Waals surface area contributed by atoms with Crippen LogP contribution in [0, 0.1) is 12.3 Å². The maximum Gasteiger partial charge on any atom is 0.429 e. The Morgan fingerprint density at radius 2 is 1.75 bits per heavy atom. The van der Waals surface area contributed by atoms with E-state index in [-0.39, 0.29) is 34.6 Å². The van der Waals surface area contributed by atoms with Gasteiger partial charge in [-0.1, -0.05) is 24.3 Å². The number of rotatable bonds is 9. The molecule has 4 N–H and O–H groups in total. The van der Waals surface area contributed by atoms with Gasteiger partial charge in [-0.05, 0) is 80.8 Å². The number of alkyl halides is 3. The highest BCUT2D eigenvalue weighted by molar-refractivity contribution is 5.74. The van der Waals surface area contributed by atoms with E-state index in [1.807, 2.05) is 43.0 Å². The van der Waals surface area contributed by atoms with E-state index >= 15 is 0 Å². The number of nitrogens with zero attached hydrogens (tertiary/aromatic N) is 5. The average molecular weight is 666 g/mol. The van der Waals surface area contributed by atoms with Gasteiger partial charge in [0, 0.05) is 37.5 Å². The van der Waals surface area contributed by atoms with Crippen LogP contribution < -0.4 is 25.4 Å². The fourth-order valence-corrected chi connectivity index (χ4v) is 6.45. The first-order chi connectivity index (χ1) is 22.8. The molecule has 6 rings (SSSR count). The number of aliphatic carboxylic acids is 1. The summed E-state index contributed by atoms with van der Waals surface area (Å²) < 4.78 is 57.4. The summed E-state index contributed by atoms with van der Waals surface area (Å²) in [5.74, 6) is -0.377. The molecule has 1 unspecified atom stereocenters. The summed E-state index contributed by atoms with van der Waals surface area (Å²) in [6, 6.07) is 14.5. The van der Waals surface area contributed by atoms with Gasteiger partial charge in [0.25, 0.3) is 0 Å². The third kappa shape index (κ3) is 7.18. The predicted octanol–water partition coefficient (Wildman–Crippen LogP) is 5.72.